The van der Waals surface area contributed by atoms with Crippen molar-refractivity contribution >= 4 is 32.9 Å². The highest BCUT2D eigenvalue weighted by atomic mass is 32.2. The van der Waals surface area contributed by atoms with Gasteiger partial charge in [0, 0.05) is 59.7 Å². The van der Waals surface area contributed by atoms with Gasteiger partial charge in [-0.3, -0.25) is 9.59 Å². The Morgan fingerprint density at radius 3 is 2.33 bits per heavy atom. The van der Waals surface area contributed by atoms with Crippen LogP contribution in [0.3, 0.4) is 0 Å². The second-order valence-electron chi connectivity index (χ2n) is 15.7. The summed E-state index contributed by atoms with van der Waals surface area (Å²) in [6, 6.07) is 12.8. The maximum Gasteiger partial charge on any atom is 0.304 e. The van der Waals surface area contributed by atoms with Crippen LogP contribution in [0.25, 0.3) is 22.2 Å². The molecule has 1 N–H and O–H groups in total. The number of carbonyl (C=O) groups is 2. The van der Waals surface area contributed by atoms with Crippen molar-refractivity contribution in [3.63, 3.8) is 0 Å². The van der Waals surface area contributed by atoms with Crippen LogP contribution in [0.15, 0.2) is 36.4 Å². The summed E-state index contributed by atoms with van der Waals surface area (Å²) in [4.78, 5) is 30.9. The second-order valence-corrected chi connectivity index (χ2v) is 17.4. The van der Waals surface area contributed by atoms with Crippen LogP contribution in [0.1, 0.15) is 123 Å². The van der Waals surface area contributed by atoms with E-state index in [1.165, 1.54) is 46.8 Å². The van der Waals surface area contributed by atoms with Crippen molar-refractivity contribution in [2.75, 3.05) is 20.2 Å². The maximum atomic E-state index is 15.0. The molecule has 6 aliphatic rings. The molecule has 10 heteroatoms. The predicted molar refractivity (Wildman–Crippen MR) is 189 cm³/mol. The van der Waals surface area contributed by atoms with E-state index >= 15 is 0 Å². The van der Waals surface area contributed by atoms with Gasteiger partial charge in [0.1, 0.15) is 5.75 Å². The van der Waals surface area contributed by atoms with E-state index < -0.39 is 21.5 Å². The molecule has 2 aliphatic carbocycles. The zero-order chi connectivity index (χ0) is 33.5. The van der Waals surface area contributed by atoms with Crippen molar-refractivity contribution in [3.8, 4) is 17.0 Å². The zero-order valence-electron chi connectivity index (χ0n) is 28.6. The predicted octanol–water partition coefficient (Wildman–Crippen LogP) is 6.86. The van der Waals surface area contributed by atoms with E-state index in [4.69, 9.17) is 4.74 Å². The first-order valence-corrected chi connectivity index (χ1v) is 20.2. The fourth-order valence-corrected chi connectivity index (χ4v) is 11.7. The number of piperidine rings is 2. The topological polar surface area (TPSA) is 101 Å². The monoisotopic (exact) mass is 684 g/mol. The first-order chi connectivity index (χ1) is 23.8. The normalized spacial score (nSPS) is 28.3. The van der Waals surface area contributed by atoms with E-state index in [9.17, 15) is 18.0 Å². The number of ether oxygens (including phenoxy) is 1. The third-order valence-corrected chi connectivity index (χ3v) is 14.5. The number of hydrogen-bond donors (Lipinski definition) is 1. The van der Waals surface area contributed by atoms with E-state index in [1.807, 2.05) is 18.2 Å². The minimum Gasteiger partial charge on any atom is -0.497 e. The molecule has 3 saturated heterocycles. The van der Waals surface area contributed by atoms with Crippen LogP contribution in [0.2, 0.25) is 0 Å². The summed E-state index contributed by atoms with van der Waals surface area (Å²) >= 11 is 0. The Bertz CT molecular complexity index is 1930. The summed E-state index contributed by atoms with van der Waals surface area (Å²) in [6.07, 6.45) is 14.8. The number of amides is 2. The van der Waals surface area contributed by atoms with Crippen LogP contribution in [0.5, 0.6) is 5.75 Å². The van der Waals surface area contributed by atoms with Gasteiger partial charge in [-0.1, -0.05) is 31.7 Å². The highest BCUT2D eigenvalue weighted by molar-refractivity contribution is 7.87. The first-order valence-electron chi connectivity index (χ1n) is 18.8. The van der Waals surface area contributed by atoms with E-state index in [0.717, 1.165) is 86.4 Å². The van der Waals surface area contributed by atoms with E-state index in [-0.39, 0.29) is 5.92 Å². The number of carbonyl (C=O) groups excluding carboxylic acids is 2. The van der Waals surface area contributed by atoms with Gasteiger partial charge in [0.2, 0.25) is 5.91 Å². The average Bonchev–Trinajstić information content (AvgIpc) is 3.73. The smallest absolute Gasteiger partial charge is 0.304 e. The summed E-state index contributed by atoms with van der Waals surface area (Å²) in [6.45, 7) is 1.41. The fraction of sp³-hybridized carbons (Fsp3) is 0.590. The molecule has 5 heterocycles. The number of nitrogens with zero attached hydrogens (tertiary/aromatic N) is 3. The molecule has 9 nitrogen and oxygen atoms in total. The highest BCUT2D eigenvalue weighted by Gasteiger charge is 2.65. The molecule has 4 unspecified atom stereocenters. The molecule has 4 atom stereocenters. The van der Waals surface area contributed by atoms with Gasteiger partial charge in [0.05, 0.1) is 18.2 Å². The molecule has 3 aromatic rings. The van der Waals surface area contributed by atoms with Crippen LogP contribution >= 0.6 is 0 Å². The van der Waals surface area contributed by atoms with Gasteiger partial charge < -0.3 is 14.2 Å². The fourth-order valence-electron chi connectivity index (χ4n) is 10.5. The Labute approximate surface area is 289 Å². The molecule has 2 aromatic carbocycles. The van der Waals surface area contributed by atoms with Crippen LogP contribution in [-0.4, -0.2) is 66.3 Å². The molecule has 2 bridgehead atoms. The molecule has 4 aliphatic heterocycles. The summed E-state index contributed by atoms with van der Waals surface area (Å²) in [7, 11) is -2.23. The number of fused-ring (bicyclic) bond motifs is 9. The van der Waals surface area contributed by atoms with Gasteiger partial charge in [-0.05, 0) is 112 Å². The van der Waals surface area contributed by atoms with Crippen LogP contribution in [0, 0.1) is 5.41 Å². The summed E-state index contributed by atoms with van der Waals surface area (Å²) in [5, 5.41) is 1.11. The number of nitrogens with one attached hydrogen (secondary N) is 1. The van der Waals surface area contributed by atoms with Crippen LogP contribution < -0.4 is 9.46 Å². The lowest BCUT2D eigenvalue weighted by molar-refractivity contribution is -0.142. The SMILES string of the molecule is COc1ccc2c(c1)C1CC1(C(=O)N1C3CCCC1CC3)Cn1c-2c(C2CCCCC2)c2ccc(C(=O)NS(=O)(=O)N3CCCCC3)cc21. The average molecular weight is 685 g/mol. The summed E-state index contributed by atoms with van der Waals surface area (Å²) < 4.78 is 38.3. The quantitative estimate of drug-likeness (QED) is 0.306. The Morgan fingerprint density at radius 2 is 1.59 bits per heavy atom. The molecule has 2 amide bonds. The lowest BCUT2D eigenvalue weighted by Crippen LogP contribution is -2.48. The van der Waals surface area contributed by atoms with Crippen molar-refractivity contribution in [1.82, 2.24) is 18.5 Å². The molecule has 49 heavy (non-hydrogen) atoms. The minimum absolute atomic E-state index is 0.0988. The Balaban J connectivity index is 1.20. The van der Waals surface area contributed by atoms with Crippen molar-refractivity contribution < 1.29 is 22.7 Å². The molecule has 0 radical (unpaired) electrons. The minimum atomic E-state index is -3.94. The number of benzene rings is 2. The number of hydrogen-bond acceptors (Lipinski definition) is 5. The lowest BCUT2D eigenvalue weighted by Gasteiger charge is -2.38. The summed E-state index contributed by atoms with van der Waals surface area (Å²) in [5.74, 6) is 0.972. The van der Waals surface area contributed by atoms with Crippen molar-refractivity contribution in [1.29, 1.82) is 0 Å². The molecule has 5 fully saturated rings. The van der Waals surface area contributed by atoms with Gasteiger partial charge in [-0.15, -0.1) is 0 Å². The molecule has 2 saturated carbocycles. The largest absolute Gasteiger partial charge is 0.497 e. The third kappa shape index (κ3) is 5.06. The molecular weight excluding hydrogens is 637 g/mol. The van der Waals surface area contributed by atoms with Gasteiger partial charge >= 0.3 is 10.2 Å². The maximum absolute atomic E-state index is 15.0. The Hall–Kier alpha value is -3.37. The van der Waals surface area contributed by atoms with Gasteiger partial charge in [0.25, 0.3) is 5.91 Å². The molecule has 1 aromatic heterocycles. The van der Waals surface area contributed by atoms with Crippen molar-refractivity contribution in [2.24, 2.45) is 5.41 Å². The van der Waals surface area contributed by atoms with Gasteiger partial charge in [0.15, 0.2) is 0 Å². The van der Waals surface area contributed by atoms with E-state index in [2.05, 4.69) is 26.3 Å². The van der Waals surface area contributed by atoms with E-state index in [0.29, 0.717) is 49.1 Å². The van der Waals surface area contributed by atoms with Crippen molar-refractivity contribution in [3.05, 3.63) is 53.1 Å². The number of rotatable bonds is 6. The number of methoxy groups -OCH3 is 1. The van der Waals surface area contributed by atoms with Gasteiger partial charge in [-0.2, -0.15) is 12.7 Å². The summed E-state index contributed by atoms with van der Waals surface area (Å²) in [5.41, 5.74) is 5.52. The lowest BCUT2D eigenvalue weighted by atomic mass is 9.81. The third-order valence-electron chi connectivity index (χ3n) is 13.0. The highest BCUT2D eigenvalue weighted by Crippen LogP contribution is 2.67. The zero-order valence-corrected chi connectivity index (χ0v) is 29.4. The molecule has 0 spiro atoms. The molecule has 9 rings (SSSR count). The van der Waals surface area contributed by atoms with Crippen molar-refractivity contribution in [2.45, 2.75) is 120 Å². The Morgan fingerprint density at radius 1 is 0.857 bits per heavy atom. The van der Waals surface area contributed by atoms with Gasteiger partial charge in [-0.25, -0.2) is 4.72 Å². The van der Waals surface area contributed by atoms with E-state index in [1.54, 1.807) is 13.2 Å². The first kappa shape index (κ1) is 31.6. The number of aromatic nitrogens is 1. The molecular formula is C39H48N4O5S. The standard InChI is InChI=1S/C39H48N4O5S/c1-48-29-16-18-30-32(22-29)33-23-39(33,38(45)43-27-11-8-12-28(43)15-14-27)24-42-34-21-26(37(44)40-49(46,47)41-19-6-3-7-20-41)13-17-31(34)35(36(30)42)25-9-4-2-5-10-25/h13,16-18,21-22,25,27-28,33H,2-12,14-15,19-20,23-24H2,1H3,(H,40,44). The van der Waals surface area contributed by atoms with Crippen LogP contribution in [-0.2, 0) is 21.5 Å². The molecule has 260 valence electrons. The van der Waals surface area contributed by atoms with Crippen LogP contribution in [0.4, 0.5) is 0 Å². The second kappa shape index (κ2) is 11.9. The Kier molecular flexibility index (Phi) is 7.65.